The van der Waals surface area contributed by atoms with Crippen LogP contribution in [0.1, 0.15) is 40.5 Å². The minimum atomic E-state index is -0.851. The quantitative estimate of drug-likeness (QED) is 0.701. The van der Waals surface area contributed by atoms with Crippen LogP contribution in [0.2, 0.25) is 0 Å². The second-order valence-electron chi connectivity index (χ2n) is 6.09. The van der Waals surface area contributed by atoms with E-state index in [9.17, 15) is 9.59 Å². The number of nitrogens with one attached hydrogen (secondary N) is 1. The maximum Gasteiger partial charge on any atom is 0.376 e. The van der Waals surface area contributed by atoms with Crippen LogP contribution in [0.25, 0.3) is 11.3 Å². The molecule has 134 valence electrons. The fourth-order valence-electron chi connectivity index (χ4n) is 2.33. The number of esters is 1. The lowest BCUT2D eigenvalue weighted by molar-refractivity contribution is 0.0554. The molecular formula is C18H17N3O5. The molecule has 3 rings (SSSR count). The van der Waals surface area contributed by atoms with Gasteiger partial charge in [-0.05, 0) is 26.0 Å². The molecule has 0 aliphatic carbocycles. The van der Waals surface area contributed by atoms with Crippen LogP contribution in [0.5, 0.6) is 0 Å². The van der Waals surface area contributed by atoms with Gasteiger partial charge in [0.15, 0.2) is 12.2 Å². The van der Waals surface area contributed by atoms with Gasteiger partial charge in [0.05, 0.1) is 18.8 Å². The number of nitrogens with zero attached hydrogens (tertiary/aromatic N) is 2. The van der Waals surface area contributed by atoms with Crippen LogP contribution in [-0.2, 0) is 10.3 Å². The maximum absolute atomic E-state index is 12.5. The Balaban J connectivity index is 1.73. The van der Waals surface area contributed by atoms with Crippen molar-refractivity contribution in [1.82, 2.24) is 15.5 Å². The topological polar surface area (TPSA) is 107 Å². The largest absolute Gasteiger partial charge is 0.463 e. The van der Waals surface area contributed by atoms with Crippen molar-refractivity contribution in [3.63, 3.8) is 0 Å². The number of aromatic nitrogens is 2. The molecule has 0 aliphatic rings. The molecule has 0 unspecified atom stereocenters. The van der Waals surface area contributed by atoms with E-state index >= 15 is 0 Å². The van der Waals surface area contributed by atoms with Crippen LogP contribution in [0.15, 0.2) is 51.9 Å². The Morgan fingerprint density at radius 2 is 1.92 bits per heavy atom. The normalized spacial score (nSPS) is 11.2. The van der Waals surface area contributed by atoms with Crippen LogP contribution < -0.4 is 5.32 Å². The van der Waals surface area contributed by atoms with E-state index in [4.69, 9.17) is 8.94 Å². The zero-order chi connectivity index (χ0) is 18.7. The molecule has 0 fully saturated rings. The lowest BCUT2D eigenvalue weighted by Crippen LogP contribution is -2.41. The molecule has 0 saturated heterocycles. The van der Waals surface area contributed by atoms with E-state index in [0.29, 0.717) is 17.0 Å². The Labute approximate surface area is 149 Å². The third-order valence-electron chi connectivity index (χ3n) is 3.83. The van der Waals surface area contributed by atoms with E-state index in [1.54, 1.807) is 44.3 Å². The van der Waals surface area contributed by atoms with E-state index in [1.807, 2.05) is 0 Å². The SMILES string of the molecule is COC(=O)c1cc(C(C)(C)NC(=O)c2ccc(-c3cnco3)cc2)no1. The standard InChI is InChI=1S/C18H17N3O5/c1-18(2,15-8-13(26-21-15)17(23)24-3)20-16(22)12-6-4-11(5-7-12)14-9-19-10-25-14/h4-10H,1-3H3,(H,20,22). The predicted molar refractivity (Wildman–Crippen MR) is 90.3 cm³/mol. The highest BCUT2D eigenvalue weighted by Crippen LogP contribution is 2.22. The summed E-state index contributed by atoms with van der Waals surface area (Å²) in [6.45, 7) is 3.51. The first-order chi connectivity index (χ1) is 12.4. The van der Waals surface area contributed by atoms with Gasteiger partial charge in [-0.3, -0.25) is 4.79 Å². The van der Waals surface area contributed by atoms with Gasteiger partial charge in [-0.1, -0.05) is 17.3 Å². The summed E-state index contributed by atoms with van der Waals surface area (Å²) < 4.78 is 14.8. The molecule has 8 nitrogen and oxygen atoms in total. The molecular weight excluding hydrogens is 338 g/mol. The van der Waals surface area contributed by atoms with E-state index < -0.39 is 11.5 Å². The first-order valence-corrected chi connectivity index (χ1v) is 7.77. The van der Waals surface area contributed by atoms with Gasteiger partial charge in [-0.2, -0.15) is 0 Å². The van der Waals surface area contributed by atoms with Crippen molar-refractivity contribution >= 4 is 11.9 Å². The number of amides is 1. The molecule has 0 bridgehead atoms. The summed E-state index contributed by atoms with van der Waals surface area (Å²) >= 11 is 0. The lowest BCUT2D eigenvalue weighted by atomic mass is 9.99. The fourth-order valence-corrected chi connectivity index (χ4v) is 2.33. The molecule has 0 atom stereocenters. The number of carbonyl (C=O) groups excluding carboxylic acids is 2. The van der Waals surface area contributed by atoms with Crippen molar-refractivity contribution in [2.45, 2.75) is 19.4 Å². The highest BCUT2D eigenvalue weighted by Gasteiger charge is 2.29. The highest BCUT2D eigenvalue weighted by atomic mass is 16.5. The van der Waals surface area contributed by atoms with E-state index in [2.05, 4.69) is 20.2 Å². The van der Waals surface area contributed by atoms with Crippen molar-refractivity contribution in [3.05, 3.63) is 59.9 Å². The van der Waals surface area contributed by atoms with Gasteiger partial charge in [0.25, 0.3) is 5.91 Å². The molecule has 26 heavy (non-hydrogen) atoms. The Morgan fingerprint density at radius 3 is 2.54 bits per heavy atom. The Morgan fingerprint density at radius 1 is 1.19 bits per heavy atom. The summed E-state index contributed by atoms with van der Waals surface area (Å²) in [5, 5.41) is 6.71. The van der Waals surface area contributed by atoms with Crippen LogP contribution in [0.3, 0.4) is 0 Å². The molecule has 1 aromatic carbocycles. The second kappa shape index (κ2) is 6.83. The third kappa shape index (κ3) is 3.49. The number of methoxy groups -OCH3 is 1. The zero-order valence-electron chi connectivity index (χ0n) is 14.5. The molecule has 0 aliphatic heterocycles. The molecule has 0 spiro atoms. The van der Waals surface area contributed by atoms with Crippen molar-refractivity contribution < 1.29 is 23.3 Å². The molecule has 2 aromatic heterocycles. The molecule has 1 N–H and O–H groups in total. The Hall–Kier alpha value is -3.42. The summed E-state index contributed by atoms with van der Waals surface area (Å²) in [5.41, 5.74) is 0.844. The van der Waals surface area contributed by atoms with Gasteiger partial charge in [0.1, 0.15) is 5.69 Å². The van der Waals surface area contributed by atoms with E-state index in [-0.39, 0.29) is 11.7 Å². The minimum Gasteiger partial charge on any atom is -0.463 e. The monoisotopic (exact) mass is 355 g/mol. The number of oxazole rings is 1. The van der Waals surface area contributed by atoms with Crippen molar-refractivity contribution in [2.24, 2.45) is 0 Å². The summed E-state index contributed by atoms with van der Waals surface area (Å²) in [6, 6.07) is 8.36. The zero-order valence-corrected chi connectivity index (χ0v) is 14.5. The van der Waals surface area contributed by atoms with Crippen LogP contribution >= 0.6 is 0 Å². The van der Waals surface area contributed by atoms with Gasteiger partial charge < -0.3 is 19.0 Å². The van der Waals surface area contributed by atoms with Crippen LogP contribution in [0.4, 0.5) is 0 Å². The number of benzene rings is 1. The van der Waals surface area contributed by atoms with Gasteiger partial charge >= 0.3 is 5.97 Å². The lowest BCUT2D eigenvalue weighted by Gasteiger charge is -2.23. The van der Waals surface area contributed by atoms with Gasteiger partial charge in [-0.15, -0.1) is 0 Å². The predicted octanol–water partition coefficient (Wildman–Crippen LogP) is 2.78. The summed E-state index contributed by atoms with van der Waals surface area (Å²) in [5.74, 6) is -0.327. The Kier molecular flexibility index (Phi) is 4.57. The first kappa shape index (κ1) is 17.4. The number of hydrogen-bond acceptors (Lipinski definition) is 7. The molecule has 3 aromatic rings. The number of hydrogen-bond donors (Lipinski definition) is 1. The van der Waals surface area contributed by atoms with Gasteiger partial charge in [0, 0.05) is 17.2 Å². The van der Waals surface area contributed by atoms with Gasteiger partial charge in [0.2, 0.25) is 5.76 Å². The van der Waals surface area contributed by atoms with E-state index in [1.165, 1.54) is 19.6 Å². The molecule has 0 radical (unpaired) electrons. The summed E-state index contributed by atoms with van der Waals surface area (Å²) in [4.78, 5) is 27.9. The summed E-state index contributed by atoms with van der Waals surface area (Å²) in [7, 11) is 1.25. The van der Waals surface area contributed by atoms with Gasteiger partial charge in [-0.25, -0.2) is 9.78 Å². The molecule has 2 heterocycles. The third-order valence-corrected chi connectivity index (χ3v) is 3.83. The molecule has 8 heteroatoms. The van der Waals surface area contributed by atoms with Crippen molar-refractivity contribution in [2.75, 3.05) is 7.11 Å². The van der Waals surface area contributed by atoms with Crippen LogP contribution in [-0.4, -0.2) is 29.1 Å². The second-order valence-corrected chi connectivity index (χ2v) is 6.09. The number of carbonyl (C=O) groups is 2. The molecule has 0 saturated carbocycles. The maximum atomic E-state index is 12.5. The average Bonchev–Trinajstić information content (AvgIpc) is 3.33. The fraction of sp³-hybridized carbons (Fsp3) is 0.222. The number of rotatable bonds is 5. The molecule has 1 amide bonds. The summed E-state index contributed by atoms with van der Waals surface area (Å²) in [6.07, 6.45) is 2.95. The highest BCUT2D eigenvalue weighted by molar-refractivity contribution is 5.95. The Bertz CT molecular complexity index is 911. The van der Waals surface area contributed by atoms with Crippen LogP contribution in [0, 0.1) is 0 Å². The van der Waals surface area contributed by atoms with Crippen molar-refractivity contribution in [3.8, 4) is 11.3 Å². The van der Waals surface area contributed by atoms with E-state index in [0.717, 1.165) is 5.56 Å². The average molecular weight is 355 g/mol. The minimum absolute atomic E-state index is 0.0266. The smallest absolute Gasteiger partial charge is 0.376 e. The number of ether oxygens (including phenoxy) is 1. The van der Waals surface area contributed by atoms with Crippen molar-refractivity contribution in [1.29, 1.82) is 0 Å². The first-order valence-electron chi connectivity index (χ1n) is 7.77.